The third kappa shape index (κ3) is 5.57. The number of carbonyl (C=O) groups is 1. The fourth-order valence-electron chi connectivity index (χ4n) is 2.96. The van der Waals surface area contributed by atoms with E-state index in [4.69, 9.17) is 11.6 Å². The molecule has 0 aliphatic heterocycles. The summed E-state index contributed by atoms with van der Waals surface area (Å²) in [4.78, 5) is 17.6. The molecule has 0 aliphatic carbocycles. The van der Waals surface area contributed by atoms with Crippen LogP contribution in [0, 0.1) is 27.7 Å². The maximum atomic E-state index is 14.8. The third-order valence-corrected chi connectivity index (χ3v) is 5.95. The first-order valence-electron chi connectivity index (χ1n) is 9.46. The molecular formula is C22H21ClF2N4OS. The van der Waals surface area contributed by atoms with E-state index in [2.05, 4.69) is 20.5 Å². The van der Waals surface area contributed by atoms with E-state index in [0.29, 0.717) is 10.6 Å². The standard InChI is InChI=1S/C22H21ClF2N4OS/c1-12-5-8-17(14(3)9-12)22(24,25)11-26-20(30)19-21(29-28-15(4)27-19)31-16-7-6-13(2)18(23)10-16/h5-10H,11H2,1-4H3,(H,26,30). The largest absolute Gasteiger partial charge is 0.344 e. The number of aromatic nitrogens is 3. The highest BCUT2D eigenvalue weighted by Gasteiger charge is 2.34. The summed E-state index contributed by atoms with van der Waals surface area (Å²) < 4.78 is 29.5. The predicted octanol–water partition coefficient (Wildman–Crippen LogP) is 5.43. The van der Waals surface area contributed by atoms with Gasteiger partial charge in [0, 0.05) is 15.5 Å². The predicted molar refractivity (Wildman–Crippen MR) is 117 cm³/mol. The Morgan fingerprint density at radius 2 is 1.81 bits per heavy atom. The summed E-state index contributed by atoms with van der Waals surface area (Å²) in [5, 5.41) is 11.0. The van der Waals surface area contributed by atoms with Crippen molar-refractivity contribution < 1.29 is 13.6 Å². The Morgan fingerprint density at radius 3 is 2.48 bits per heavy atom. The fraction of sp³-hybridized carbons (Fsp3) is 0.273. The van der Waals surface area contributed by atoms with Crippen LogP contribution in [0.25, 0.3) is 0 Å². The first-order chi connectivity index (χ1) is 14.6. The zero-order chi connectivity index (χ0) is 22.8. The smallest absolute Gasteiger partial charge is 0.290 e. The maximum Gasteiger partial charge on any atom is 0.290 e. The van der Waals surface area contributed by atoms with Gasteiger partial charge in [0.2, 0.25) is 0 Å². The van der Waals surface area contributed by atoms with E-state index in [1.54, 1.807) is 32.0 Å². The molecule has 0 unspecified atom stereocenters. The van der Waals surface area contributed by atoms with E-state index in [-0.39, 0.29) is 22.1 Å². The second-order valence-electron chi connectivity index (χ2n) is 7.23. The minimum Gasteiger partial charge on any atom is -0.344 e. The van der Waals surface area contributed by atoms with Gasteiger partial charge in [0.15, 0.2) is 10.7 Å². The van der Waals surface area contributed by atoms with Gasteiger partial charge in [0.1, 0.15) is 5.82 Å². The van der Waals surface area contributed by atoms with Crippen LogP contribution in [0.1, 0.15) is 38.6 Å². The molecule has 0 atom stereocenters. The SMILES string of the molecule is Cc1ccc(C(F)(F)CNC(=O)c2nc(C)nnc2Sc2ccc(C)c(Cl)c2)c(C)c1. The van der Waals surface area contributed by atoms with Crippen molar-refractivity contribution in [1.29, 1.82) is 0 Å². The number of hydrogen-bond donors (Lipinski definition) is 1. The van der Waals surface area contributed by atoms with Crippen LogP contribution in [-0.2, 0) is 5.92 Å². The first kappa shape index (κ1) is 23.1. The molecule has 0 bridgehead atoms. The average molecular weight is 463 g/mol. The summed E-state index contributed by atoms with van der Waals surface area (Å²) >= 11 is 7.30. The summed E-state index contributed by atoms with van der Waals surface area (Å²) in [5.74, 6) is -3.72. The zero-order valence-electron chi connectivity index (χ0n) is 17.5. The van der Waals surface area contributed by atoms with Crippen LogP contribution >= 0.6 is 23.4 Å². The van der Waals surface area contributed by atoms with Gasteiger partial charge >= 0.3 is 0 Å². The number of carbonyl (C=O) groups excluding carboxylic acids is 1. The normalized spacial score (nSPS) is 11.5. The van der Waals surface area contributed by atoms with E-state index in [9.17, 15) is 13.6 Å². The van der Waals surface area contributed by atoms with Crippen LogP contribution in [0.2, 0.25) is 5.02 Å². The molecule has 31 heavy (non-hydrogen) atoms. The van der Waals surface area contributed by atoms with Gasteiger partial charge in [0.25, 0.3) is 11.8 Å². The Morgan fingerprint density at radius 1 is 1.06 bits per heavy atom. The van der Waals surface area contributed by atoms with Crippen LogP contribution in [0.4, 0.5) is 8.78 Å². The number of halogens is 3. The van der Waals surface area contributed by atoms with Crippen molar-refractivity contribution in [3.8, 4) is 0 Å². The molecule has 162 valence electrons. The number of rotatable bonds is 6. The number of nitrogens with one attached hydrogen (secondary N) is 1. The van der Waals surface area contributed by atoms with Crippen LogP contribution in [0.15, 0.2) is 46.3 Å². The van der Waals surface area contributed by atoms with Crippen molar-refractivity contribution in [2.24, 2.45) is 0 Å². The van der Waals surface area contributed by atoms with E-state index in [0.717, 1.165) is 27.8 Å². The number of alkyl halides is 2. The molecule has 0 fully saturated rings. The lowest BCUT2D eigenvalue weighted by molar-refractivity contribution is -0.00316. The average Bonchev–Trinajstić information content (AvgIpc) is 2.70. The van der Waals surface area contributed by atoms with E-state index in [1.165, 1.54) is 6.07 Å². The van der Waals surface area contributed by atoms with E-state index >= 15 is 0 Å². The summed E-state index contributed by atoms with van der Waals surface area (Å²) in [7, 11) is 0. The number of benzene rings is 2. The van der Waals surface area contributed by atoms with Crippen molar-refractivity contribution >= 4 is 29.3 Å². The maximum absolute atomic E-state index is 14.8. The molecule has 2 aromatic carbocycles. The van der Waals surface area contributed by atoms with Crippen molar-refractivity contribution in [3.63, 3.8) is 0 Å². The Labute approximate surface area is 188 Å². The monoisotopic (exact) mass is 462 g/mol. The molecule has 0 spiro atoms. The first-order valence-corrected chi connectivity index (χ1v) is 10.7. The molecule has 9 heteroatoms. The second kappa shape index (κ2) is 9.28. The number of hydrogen-bond acceptors (Lipinski definition) is 5. The van der Waals surface area contributed by atoms with Crippen molar-refractivity contribution in [2.45, 2.75) is 43.5 Å². The lowest BCUT2D eigenvalue weighted by atomic mass is 10.0. The molecule has 1 heterocycles. The minimum absolute atomic E-state index is 0.0642. The Bertz CT molecular complexity index is 1140. The molecule has 1 N–H and O–H groups in total. The molecular weight excluding hydrogens is 442 g/mol. The number of nitrogens with zero attached hydrogens (tertiary/aromatic N) is 3. The van der Waals surface area contributed by atoms with Crippen molar-refractivity contribution in [1.82, 2.24) is 20.5 Å². The van der Waals surface area contributed by atoms with Crippen LogP contribution < -0.4 is 5.32 Å². The lowest BCUT2D eigenvalue weighted by Crippen LogP contribution is -2.36. The molecule has 0 radical (unpaired) electrons. The molecule has 1 amide bonds. The highest BCUT2D eigenvalue weighted by atomic mass is 35.5. The Balaban J connectivity index is 1.81. The highest BCUT2D eigenvalue weighted by Crippen LogP contribution is 2.32. The summed E-state index contributed by atoms with van der Waals surface area (Å²) in [6, 6.07) is 10.1. The van der Waals surface area contributed by atoms with Gasteiger partial charge in [-0.15, -0.1) is 10.2 Å². The van der Waals surface area contributed by atoms with Gasteiger partial charge in [0.05, 0.1) is 6.54 Å². The zero-order valence-corrected chi connectivity index (χ0v) is 19.0. The third-order valence-electron chi connectivity index (χ3n) is 4.58. The van der Waals surface area contributed by atoms with Crippen molar-refractivity contribution in [2.75, 3.05) is 6.54 Å². The van der Waals surface area contributed by atoms with Gasteiger partial charge in [-0.05, 0) is 51.0 Å². The van der Waals surface area contributed by atoms with Gasteiger partial charge < -0.3 is 5.32 Å². The van der Waals surface area contributed by atoms with Crippen molar-refractivity contribution in [3.05, 3.63) is 75.2 Å². The quantitative estimate of drug-likeness (QED) is 0.529. The summed E-state index contributed by atoms with van der Waals surface area (Å²) in [5.41, 5.74) is 2.07. The minimum atomic E-state index is -3.24. The highest BCUT2D eigenvalue weighted by molar-refractivity contribution is 7.99. The molecule has 1 aromatic heterocycles. The van der Waals surface area contributed by atoms with Gasteiger partial charge in [-0.25, -0.2) is 4.98 Å². The van der Waals surface area contributed by atoms with Crippen LogP contribution in [0.5, 0.6) is 0 Å². The lowest BCUT2D eigenvalue weighted by Gasteiger charge is -2.20. The molecule has 0 saturated carbocycles. The van der Waals surface area contributed by atoms with Gasteiger partial charge in [-0.3, -0.25) is 4.79 Å². The molecule has 0 saturated heterocycles. The molecule has 3 aromatic rings. The molecule has 3 rings (SSSR count). The summed E-state index contributed by atoms with van der Waals surface area (Å²) in [6.45, 7) is 6.04. The summed E-state index contributed by atoms with van der Waals surface area (Å²) in [6.07, 6.45) is 0. The van der Waals surface area contributed by atoms with E-state index < -0.39 is 18.4 Å². The van der Waals surface area contributed by atoms with Gasteiger partial charge in [-0.2, -0.15) is 8.78 Å². The number of aryl methyl sites for hydroxylation is 4. The van der Waals surface area contributed by atoms with Crippen LogP contribution in [0.3, 0.4) is 0 Å². The Hall–Kier alpha value is -2.58. The van der Waals surface area contributed by atoms with Crippen LogP contribution in [-0.4, -0.2) is 27.6 Å². The molecule has 5 nitrogen and oxygen atoms in total. The molecule has 0 aliphatic rings. The Kier molecular flexibility index (Phi) is 6.91. The van der Waals surface area contributed by atoms with E-state index in [1.807, 2.05) is 26.0 Å². The topological polar surface area (TPSA) is 67.8 Å². The van der Waals surface area contributed by atoms with Gasteiger partial charge in [-0.1, -0.05) is 53.2 Å². The fourth-order valence-corrected chi connectivity index (χ4v) is 4.05. The second-order valence-corrected chi connectivity index (χ2v) is 8.70. The number of amides is 1.